The summed E-state index contributed by atoms with van der Waals surface area (Å²) in [7, 11) is 0. The van der Waals surface area contributed by atoms with Crippen molar-refractivity contribution in [2.24, 2.45) is 0 Å². The molecule has 1 N–H and O–H groups in total. The summed E-state index contributed by atoms with van der Waals surface area (Å²) >= 11 is 6.45. The molecule has 0 aliphatic heterocycles. The van der Waals surface area contributed by atoms with Gasteiger partial charge in [0.2, 0.25) is 0 Å². The maximum atomic E-state index is 9.61. The summed E-state index contributed by atoms with van der Waals surface area (Å²) in [6.45, 7) is 8.25. The zero-order valence-corrected chi connectivity index (χ0v) is 14.2. The van der Waals surface area contributed by atoms with Gasteiger partial charge in [0.25, 0.3) is 0 Å². The predicted molar refractivity (Wildman–Crippen MR) is 93.6 cm³/mol. The quantitative estimate of drug-likeness (QED) is 0.816. The number of benzene rings is 2. The summed E-state index contributed by atoms with van der Waals surface area (Å²) in [6, 6.07) is 14.7. The average Bonchev–Trinajstić information content (AvgIpc) is 2.46. The van der Waals surface area contributed by atoms with Crippen LogP contribution < -0.4 is 5.32 Å². The molecule has 0 aromatic heterocycles. The van der Waals surface area contributed by atoms with Crippen molar-refractivity contribution in [3.8, 4) is 6.07 Å². The zero-order chi connectivity index (χ0) is 16.3. The summed E-state index contributed by atoms with van der Waals surface area (Å²) in [5, 5.41) is 13.6. The topological polar surface area (TPSA) is 35.8 Å². The third-order valence-electron chi connectivity index (χ3n) is 3.64. The second-order valence-electron chi connectivity index (χ2n) is 5.96. The smallest absolute Gasteiger partial charge is 0.0977 e. The van der Waals surface area contributed by atoms with Crippen molar-refractivity contribution in [1.82, 2.24) is 0 Å². The van der Waals surface area contributed by atoms with Crippen LogP contribution in [-0.4, -0.2) is 6.04 Å². The van der Waals surface area contributed by atoms with Crippen molar-refractivity contribution >= 4 is 17.3 Å². The molecule has 0 spiro atoms. The van der Waals surface area contributed by atoms with E-state index in [2.05, 4.69) is 25.2 Å². The monoisotopic (exact) mass is 312 g/mol. The zero-order valence-electron chi connectivity index (χ0n) is 13.4. The molecule has 2 aromatic rings. The number of nitrogens with one attached hydrogen (secondary N) is 1. The first-order valence-corrected chi connectivity index (χ1v) is 7.83. The van der Waals surface area contributed by atoms with Crippen LogP contribution >= 0.6 is 11.6 Å². The van der Waals surface area contributed by atoms with E-state index in [0.717, 1.165) is 22.4 Å². The molecule has 0 radical (unpaired) electrons. The SMILES string of the molecule is Cc1ccc(C(C#N)c2cc(C)c(NC(C)C)cc2Cl)cc1. The van der Waals surface area contributed by atoms with E-state index < -0.39 is 0 Å². The molecule has 1 atom stereocenters. The van der Waals surface area contributed by atoms with Crippen LogP contribution in [0.3, 0.4) is 0 Å². The maximum absolute atomic E-state index is 9.61. The maximum Gasteiger partial charge on any atom is 0.0977 e. The molecule has 2 aromatic carbocycles. The summed E-state index contributed by atoms with van der Waals surface area (Å²) in [4.78, 5) is 0. The van der Waals surface area contributed by atoms with E-state index in [1.807, 2.05) is 50.2 Å². The molecule has 0 aliphatic carbocycles. The van der Waals surface area contributed by atoms with E-state index in [1.54, 1.807) is 0 Å². The van der Waals surface area contributed by atoms with Crippen molar-refractivity contribution in [3.63, 3.8) is 0 Å². The van der Waals surface area contributed by atoms with Crippen LogP contribution in [0.1, 0.15) is 42.0 Å². The van der Waals surface area contributed by atoms with Crippen molar-refractivity contribution in [2.45, 2.75) is 39.7 Å². The minimum absolute atomic E-state index is 0.337. The fourth-order valence-corrected chi connectivity index (χ4v) is 2.75. The van der Waals surface area contributed by atoms with Gasteiger partial charge in [0.1, 0.15) is 0 Å². The Hall–Kier alpha value is -1.98. The number of anilines is 1. The van der Waals surface area contributed by atoms with Gasteiger partial charge in [-0.2, -0.15) is 5.26 Å². The van der Waals surface area contributed by atoms with Crippen LogP contribution in [0.2, 0.25) is 5.02 Å². The normalized spacial score (nSPS) is 12.0. The second kappa shape index (κ2) is 6.85. The highest BCUT2D eigenvalue weighted by Gasteiger charge is 2.18. The summed E-state index contributed by atoms with van der Waals surface area (Å²) < 4.78 is 0. The van der Waals surface area contributed by atoms with Crippen LogP contribution in [-0.2, 0) is 0 Å². The van der Waals surface area contributed by atoms with Crippen LogP contribution in [0.25, 0.3) is 0 Å². The average molecular weight is 313 g/mol. The predicted octanol–water partition coefficient (Wildman–Crippen LogP) is 5.43. The number of nitrogens with zero attached hydrogens (tertiary/aromatic N) is 1. The molecule has 0 saturated carbocycles. The molecule has 0 fully saturated rings. The van der Waals surface area contributed by atoms with Crippen LogP contribution in [0, 0.1) is 25.2 Å². The Labute approximate surface area is 137 Å². The Morgan fingerprint density at radius 1 is 1.09 bits per heavy atom. The van der Waals surface area contributed by atoms with Crippen molar-refractivity contribution in [3.05, 3.63) is 63.7 Å². The number of rotatable bonds is 4. The Balaban J connectivity index is 2.44. The van der Waals surface area contributed by atoms with Gasteiger partial charge < -0.3 is 5.32 Å². The fourth-order valence-electron chi connectivity index (χ4n) is 2.47. The van der Waals surface area contributed by atoms with E-state index in [1.165, 1.54) is 5.56 Å². The first-order chi connectivity index (χ1) is 10.4. The van der Waals surface area contributed by atoms with E-state index >= 15 is 0 Å². The standard InChI is InChI=1S/C19H21ClN2/c1-12(2)22-19-10-18(20)16(9-14(19)4)17(11-21)15-7-5-13(3)6-8-15/h5-10,12,17,22H,1-4H3. The number of nitriles is 1. The van der Waals surface area contributed by atoms with Gasteiger partial charge in [-0.25, -0.2) is 0 Å². The van der Waals surface area contributed by atoms with Gasteiger partial charge in [-0.1, -0.05) is 47.5 Å². The van der Waals surface area contributed by atoms with Crippen LogP contribution in [0.5, 0.6) is 0 Å². The van der Waals surface area contributed by atoms with Gasteiger partial charge in [-0.05, 0) is 50.5 Å². The molecule has 114 valence electrons. The number of aryl methyl sites for hydroxylation is 2. The van der Waals surface area contributed by atoms with Crippen molar-refractivity contribution < 1.29 is 0 Å². The molecular formula is C19H21ClN2. The minimum Gasteiger partial charge on any atom is -0.383 e. The second-order valence-corrected chi connectivity index (χ2v) is 6.37. The van der Waals surface area contributed by atoms with Gasteiger partial charge in [0.15, 0.2) is 0 Å². The molecule has 0 bridgehead atoms. The Bertz CT molecular complexity index is 697. The third-order valence-corrected chi connectivity index (χ3v) is 3.97. The van der Waals surface area contributed by atoms with Gasteiger partial charge in [0, 0.05) is 16.8 Å². The molecule has 0 amide bonds. The Kier molecular flexibility index (Phi) is 5.11. The lowest BCUT2D eigenvalue weighted by Crippen LogP contribution is -2.11. The van der Waals surface area contributed by atoms with Crippen LogP contribution in [0.15, 0.2) is 36.4 Å². The molecular weight excluding hydrogens is 292 g/mol. The Morgan fingerprint density at radius 3 is 2.27 bits per heavy atom. The highest BCUT2D eigenvalue weighted by atomic mass is 35.5. The van der Waals surface area contributed by atoms with Gasteiger partial charge in [0.05, 0.1) is 12.0 Å². The van der Waals surface area contributed by atoms with Crippen LogP contribution in [0.4, 0.5) is 5.69 Å². The lowest BCUT2D eigenvalue weighted by molar-refractivity contribution is 0.896. The Morgan fingerprint density at radius 2 is 1.73 bits per heavy atom. The third kappa shape index (κ3) is 3.61. The molecule has 2 nitrogen and oxygen atoms in total. The lowest BCUT2D eigenvalue weighted by atomic mass is 9.90. The van der Waals surface area contributed by atoms with E-state index in [0.29, 0.717) is 11.1 Å². The van der Waals surface area contributed by atoms with Gasteiger partial charge in [-0.3, -0.25) is 0 Å². The number of halogens is 1. The van der Waals surface area contributed by atoms with Gasteiger partial charge >= 0.3 is 0 Å². The molecule has 2 rings (SSSR count). The number of hydrogen-bond acceptors (Lipinski definition) is 2. The van der Waals surface area contributed by atoms with E-state index in [9.17, 15) is 5.26 Å². The minimum atomic E-state index is -0.347. The first kappa shape index (κ1) is 16.4. The molecule has 3 heteroatoms. The number of hydrogen-bond donors (Lipinski definition) is 1. The highest BCUT2D eigenvalue weighted by Crippen LogP contribution is 2.34. The van der Waals surface area contributed by atoms with Crippen molar-refractivity contribution in [1.29, 1.82) is 5.26 Å². The molecule has 0 heterocycles. The molecule has 0 saturated heterocycles. The largest absolute Gasteiger partial charge is 0.383 e. The first-order valence-electron chi connectivity index (χ1n) is 7.45. The summed E-state index contributed by atoms with van der Waals surface area (Å²) in [6.07, 6.45) is 0. The van der Waals surface area contributed by atoms with E-state index in [4.69, 9.17) is 11.6 Å². The summed E-state index contributed by atoms with van der Waals surface area (Å²) in [5.41, 5.74) is 5.13. The van der Waals surface area contributed by atoms with Gasteiger partial charge in [-0.15, -0.1) is 0 Å². The van der Waals surface area contributed by atoms with Crippen molar-refractivity contribution in [2.75, 3.05) is 5.32 Å². The summed E-state index contributed by atoms with van der Waals surface area (Å²) in [5.74, 6) is -0.347. The molecule has 22 heavy (non-hydrogen) atoms. The highest BCUT2D eigenvalue weighted by molar-refractivity contribution is 6.31. The molecule has 0 aliphatic rings. The molecule has 1 unspecified atom stereocenters. The lowest BCUT2D eigenvalue weighted by Gasteiger charge is -2.18. The fraction of sp³-hybridized carbons (Fsp3) is 0.316. The van der Waals surface area contributed by atoms with E-state index in [-0.39, 0.29) is 5.92 Å².